The quantitative estimate of drug-likeness (QED) is 0.706. The molecule has 0 spiro atoms. The maximum atomic E-state index is 13.8. The zero-order chi connectivity index (χ0) is 20.8. The van der Waals surface area contributed by atoms with Crippen LogP contribution in [0.25, 0.3) is 0 Å². The molecule has 0 saturated carbocycles. The van der Waals surface area contributed by atoms with Gasteiger partial charge in [-0.3, -0.25) is 4.79 Å². The van der Waals surface area contributed by atoms with E-state index in [1.54, 1.807) is 6.07 Å². The lowest BCUT2D eigenvalue weighted by molar-refractivity contribution is 0.0696. The van der Waals surface area contributed by atoms with Gasteiger partial charge in [-0.15, -0.1) is 0 Å². The molecule has 2 rings (SSSR count). The molecule has 0 fully saturated rings. The zero-order valence-corrected chi connectivity index (χ0v) is 16.6. The van der Waals surface area contributed by atoms with Crippen LogP contribution in [0.1, 0.15) is 48.4 Å². The van der Waals surface area contributed by atoms with Gasteiger partial charge >= 0.3 is 5.97 Å². The van der Waals surface area contributed by atoms with E-state index in [4.69, 9.17) is 0 Å². The van der Waals surface area contributed by atoms with Gasteiger partial charge in [0.1, 0.15) is 17.2 Å². The van der Waals surface area contributed by atoms with Crippen LogP contribution in [0.3, 0.4) is 0 Å². The number of carboxylic acid groups (broad SMARTS) is 1. The number of benzene rings is 1. The van der Waals surface area contributed by atoms with Crippen molar-refractivity contribution in [2.24, 2.45) is 11.8 Å². The third-order valence-electron chi connectivity index (χ3n) is 3.94. The van der Waals surface area contributed by atoms with Crippen molar-refractivity contribution in [1.29, 1.82) is 0 Å². The number of carbonyl (C=O) groups excluding carboxylic acids is 1. The fourth-order valence-corrected chi connectivity index (χ4v) is 2.91. The number of carboxylic acids is 1. The molecule has 0 aliphatic carbocycles. The van der Waals surface area contributed by atoms with E-state index in [1.807, 2.05) is 4.90 Å². The molecule has 0 atom stereocenters. The zero-order valence-electron chi connectivity index (χ0n) is 16.6. The Morgan fingerprint density at radius 3 is 2.25 bits per heavy atom. The predicted molar refractivity (Wildman–Crippen MR) is 107 cm³/mol. The van der Waals surface area contributed by atoms with Crippen LogP contribution in [-0.4, -0.2) is 35.1 Å². The van der Waals surface area contributed by atoms with Gasteiger partial charge in [0.25, 0.3) is 5.91 Å². The third-order valence-corrected chi connectivity index (χ3v) is 3.94. The van der Waals surface area contributed by atoms with E-state index in [1.165, 1.54) is 30.5 Å². The first-order chi connectivity index (χ1) is 13.2. The molecule has 0 aliphatic heterocycles. The summed E-state index contributed by atoms with van der Waals surface area (Å²) in [6, 6.07) is 6.95. The van der Waals surface area contributed by atoms with Crippen molar-refractivity contribution in [2.75, 3.05) is 23.3 Å². The van der Waals surface area contributed by atoms with Gasteiger partial charge < -0.3 is 15.3 Å². The van der Waals surface area contributed by atoms with Crippen molar-refractivity contribution in [1.82, 2.24) is 4.98 Å². The Kier molecular flexibility index (Phi) is 7.09. The van der Waals surface area contributed by atoms with Gasteiger partial charge in [-0.25, -0.2) is 14.2 Å². The number of pyridine rings is 1. The number of carbonyl (C=O) groups is 2. The Balaban J connectivity index is 2.34. The minimum atomic E-state index is -1.14. The summed E-state index contributed by atoms with van der Waals surface area (Å²) in [5.74, 6) is -1.45. The lowest BCUT2D eigenvalue weighted by Gasteiger charge is -2.28. The monoisotopic (exact) mass is 387 g/mol. The largest absolute Gasteiger partial charge is 0.478 e. The van der Waals surface area contributed by atoms with E-state index in [9.17, 15) is 19.1 Å². The number of aromatic carboxylic acids is 1. The van der Waals surface area contributed by atoms with Crippen molar-refractivity contribution >= 4 is 23.4 Å². The van der Waals surface area contributed by atoms with Crippen molar-refractivity contribution in [3.8, 4) is 0 Å². The Morgan fingerprint density at radius 1 is 1.11 bits per heavy atom. The number of aromatic nitrogens is 1. The van der Waals surface area contributed by atoms with E-state index in [-0.39, 0.29) is 16.8 Å². The summed E-state index contributed by atoms with van der Waals surface area (Å²) in [6.07, 6.45) is 1.40. The number of halogens is 1. The molecule has 0 unspecified atom stereocenters. The summed E-state index contributed by atoms with van der Waals surface area (Å²) in [5.41, 5.74) is 0.0702. The number of hydrogen-bond donors (Lipinski definition) is 2. The Bertz CT molecular complexity index is 843. The molecule has 7 heteroatoms. The molecule has 150 valence electrons. The van der Waals surface area contributed by atoms with Gasteiger partial charge in [0.2, 0.25) is 0 Å². The van der Waals surface area contributed by atoms with Gasteiger partial charge in [0.15, 0.2) is 0 Å². The average molecular weight is 387 g/mol. The van der Waals surface area contributed by atoms with Gasteiger partial charge in [0, 0.05) is 13.1 Å². The first-order valence-electron chi connectivity index (χ1n) is 9.23. The SMILES string of the molecule is CC(C)CN(CC(C)C)c1ncc(NC(=O)c2ccccc2F)cc1C(=O)O. The van der Waals surface area contributed by atoms with E-state index < -0.39 is 17.7 Å². The Labute approximate surface area is 164 Å². The molecule has 2 aromatic rings. The lowest BCUT2D eigenvalue weighted by atomic mass is 10.1. The molecule has 0 radical (unpaired) electrons. The van der Waals surface area contributed by atoms with Crippen molar-refractivity contribution in [3.63, 3.8) is 0 Å². The highest BCUT2D eigenvalue weighted by molar-refractivity contribution is 6.05. The number of nitrogens with zero attached hydrogens (tertiary/aromatic N) is 2. The van der Waals surface area contributed by atoms with Crippen molar-refractivity contribution in [3.05, 3.63) is 53.5 Å². The third kappa shape index (κ3) is 5.52. The molecular weight excluding hydrogens is 361 g/mol. The van der Waals surface area contributed by atoms with Gasteiger partial charge in [-0.2, -0.15) is 0 Å². The lowest BCUT2D eigenvalue weighted by Crippen LogP contribution is -2.33. The van der Waals surface area contributed by atoms with Crippen LogP contribution in [0, 0.1) is 17.7 Å². The molecule has 0 saturated heterocycles. The molecule has 28 heavy (non-hydrogen) atoms. The standard InChI is InChI=1S/C21H26FN3O3/c1-13(2)11-25(12-14(3)4)19-17(21(27)28)9-15(10-23-19)24-20(26)16-7-5-6-8-18(16)22/h5-10,13-14H,11-12H2,1-4H3,(H,24,26)(H,27,28). The van der Waals surface area contributed by atoms with E-state index in [2.05, 4.69) is 38.0 Å². The maximum Gasteiger partial charge on any atom is 0.339 e. The molecule has 0 aliphatic rings. The van der Waals surface area contributed by atoms with Crippen LogP contribution in [0.2, 0.25) is 0 Å². The molecule has 1 heterocycles. The smallest absolute Gasteiger partial charge is 0.339 e. The summed E-state index contributed by atoms with van der Waals surface area (Å²) >= 11 is 0. The van der Waals surface area contributed by atoms with Gasteiger partial charge in [-0.05, 0) is 30.0 Å². The Morgan fingerprint density at radius 2 is 1.71 bits per heavy atom. The molecule has 0 bridgehead atoms. The summed E-state index contributed by atoms with van der Waals surface area (Å²) in [7, 11) is 0. The fourth-order valence-electron chi connectivity index (χ4n) is 2.91. The first-order valence-corrected chi connectivity index (χ1v) is 9.23. The number of hydrogen-bond acceptors (Lipinski definition) is 4. The fraction of sp³-hybridized carbons (Fsp3) is 0.381. The van der Waals surface area contributed by atoms with Gasteiger partial charge in [0.05, 0.1) is 17.4 Å². The van der Waals surface area contributed by atoms with E-state index in [0.29, 0.717) is 30.7 Å². The molecule has 1 amide bonds. The van der Waals surface area contributed by atoms with E-state index >= 15 is 0 Å². The highest BCUT2D eigenvalue weighted by Crippen LogP contribution is 2.24. The second-order valence-electron chi connectivity index (χ2n) is 7.53. The summed E-state index contributed by atoms with van der Waals surface area (Å²) in [6.45, 7) is 9.53. The number of nitrogens with one attached hydrogen (secondary N) is 1. The number of rotatable bonds is 8. The Hall–Kier alpha value is -2.96. The highest BCUT2D eigenvalue weighted by atomic mass is 19.1. The van der Waals surface area contributed by atoms with Crippen LogP contribution >= 0.6 is 0 Å². The molecule has 2 N–H and O–H groups in total. The highest BCUT2D eigenvalue weighted by Gasteiger charge is 2.21. The average Bonchev–Trinajstić information content (AvgIpc) is 2.60. The second-order valence-corrected chi connectivity index (χ2v) is 7.53. The van der Waals surface area contributed by atoms with Crippen molar-refractivity contribution < 1.29 is 19.1 Å². The van der Waals surface area contributed by atoms with Crippen LogP contribution in [-0.2, 0) is 0 Å². The number of anilines is 2. The van der Waals surface area contributed by atoms with Crippen molar-refractivity contribution in [2.45, 2.75) is 27.7 Å². The molecule has 1 aromatic carbocycles. The number of amides is 1. The first kappa shape index (κ1) is 21.3. The minimum absolute atomic E-state index is 0.00682. The predicted octanol–water partition coefficient (Wildman–Crippen LogP) is 4.29. The van der Waals surface area contributed by atoms with Crippen LogP contribution in [0.15, 0.2) is 36.5 Å². The molecule has 6 nitrogen and oxygen atoms in total. The summed E-state index contributed by atoms with van der Waals surface area (Å²) in [5, 5.41) is 12.2. The topological polar surface area (TPSA) is 82.5 Å². The minimum Gasteiger partial charge on any atom is -0.478 e. The van der Waals surface area contributed by atoms with Gasteiger partial charge in [-0.1, -0.05) is 39.8 Å². The molecule has 1 aromatic heterocycles. The normalized spacial score (nSPS) is 11.0. The second kappa shape index (κ2) is 9.30. The molecular formula is C21H26FN3O3. The van der Waals surface area contributed by atoms with Crippen LogP contribution < -0.4 is 10.2 Å². The van der Waals surface area contributed by atoms with E-state index in [0.717, 1.165) is 0 Å². The summed E-state index contributed by atoms with van der Waals surface area (Å²) in [4.78, 5) is 30.4. The van der Waals surface area contributed by atoms with Crippen LogP contribution in [0.5, 0.6) is 0 Å². The summed E-state index contributed by atoms with van der Waals surface area (Å²) < 4.78 is 13.8. The maximum absolute atomic E-state index is 13.8. The van der Waals surface area contributed by atoms with Crippen LogP contribution in [0.4, 0.5) is 15.9 Å².